The van der Waals surface area contributed by atoms with E-state index < -0.39 is 28.3 Å². The number of carbonyl (C=O) groups is 1. The summed E-state index contributed by atoms with van der Waals surface area (Å²) >= 11 is 0. The molecule has 1 aliphatic heterocycles. The molecule has 3 rings (SSSR count). The molecule has 0 bridgehead atoms. The van der Waals surface area contributed by atoms with E-state index in [0.29, 0.717) is 30.8 Å². The Bertz CT molecular complexity index is 849. The summed E-state index contributed by atoms with van der Waals surface area (Å²) < 4.78 is 38.7. The van der Waals surface area contributed by atoms with Crippen molar-refractivity contribution in [3.8, 4) is 0 Å². The predicted molar refractivity (Wildman–Crippen MR) is 84.5 cm³/mol. The lowest BCUT2D eigenvalue weighted by molar-refractivity contribution is -0.388. The van der Waals surface area contributed by atoms with Gasteiger partial charge in [-0.15, -0.1) is 0 Å². The van der Waals surface area contributed by atoms with Crippen molar-refractivity contribution < 1.29 is 22.9 Å². The Morgan fingerprint density at radius 1 is 1.16 bits per heavy atom. The number of para-hydroxylation sites is 1. The quantitative estimate of drug-likeness (QED) is 0.602. The van der Waals surface area contributed by atoms with Gasteiger partial charge < -0.3 is 4.90 Å². The molecule has 0 fully saturated rings. The molecule has 0 N–H and O–H groups in total. The Morgan fingerprint density at radius 2 is 1.88 bits per heavy atom. The van der Waals surface area contributed by atoms with Crippen LogP contribution in [0.5, 0.6) is 0 Å². The number of amides is 1. The van der Waals surface area contributed by atoms with Gasteiger partial charge >= 0.3 is 6.18 Å². The van der Waals surface area contributed by atoms with Gasteiger partial charge in [-0.05, 0) is 36.6 Å². The van der Waals surface area contributed by atoms with Gasteiger partial charge in [0.05, 0.1) is 4.92 Å². The molecule has 2 aromatic carbocycles. The third-order valence-corrected chi connectivity index (χ3v) is 4.10. The number of hydrogen-bond acceptors (Lipinski definition) is 3. The topological polar surface area (TPSA) is 63.4 Å². The molecule has 0 aromatic heterocycles. The minimum Gasteiger partial charge on any atom is -0.308 e. The van der Waals surface area contributed by atoms with Gasteiger partial charge in [-0.25, -0.2) is 0 Å². The zero-order chi connectivity index (χ0) is 18.2. The number of fused-ring (bicyclic) bond motifs is 1. The van der Waals surface area contributed by atoms with Gasteiger partial charge in [0, 0.05) is 23.9 Å². The van der Waals surface area contributed by atoms with Crippen molar-refractivity contribution in [1.29, 1.82) is 0 Å². The van der Waals surface area contributed by atoms with Crippen LogP contribution in [0.2, 0.25) is 0 Å². The summed E-state index contributed by atoms with van der Waals surface area (Å²) in [6, 6.07) is 9.50. The average molecular weight is 350 g/mol. The Kier molecular flexibility index (Phi) is 4.20. The first-order valence-corrected chi connectivity index (χ1v) is 7.54. The molecular weight excluding hydrogens is 337 g/mol. The fraction of sp³-hybridized carbons (Fsp3) is 0.235. The van der Waals surface area contributed by atoms with Gasteiger partial charge in [-0.3, -0.25) is 14.9 Å². The van der Waals surface area contributed by atoms with Crippen molar-refractivity contribution in [2.45, 2.75) is 19.0 Å². The van der Waals surface area contributed by atoms with Crippen LogP contribution in [0.1, 0.15) is 27.9 Å². The van der Waals surface area contributed by atoms with Crippen LogP contribution in [0.15, 0.2) is 42.5 Å². The lowest BCUT2D eigenvalue weighted by Gasteiger charge is -2.29. The number of hydrogen-bond donors (Lipinski definition) is 0. The highest BCUT2D eigenvalue weighted by atomic mass is 19.4. The number of halogens is 3. The molecule has 2 aromatic rings. The molecule has 0 saturated carbocycles. The molecule has 0 saturated heterocycles. The fourth-order valence-corrected chi connectivity index (χ4v) is 2.96. The van der Waals surface area contributed by atoms with E-state index in [0.717, 1.165) is 18.1 Å². The number of alkyl halides is 3. The highest BCUT2D eigenvalue weighted by Crippen LogP contribution is 2.37. The van der Waals surface area contributed by atoms with E-state index in [4.69, 9.17) is 0 Å². The van der Waals surface area contributed by atoms with E-state index in [1.165, 1.54) is 4.90 Å². The number of nitrogens with zero attached hydrogens (tertiary/aromatic N) is 2. The van der Waals surface area contributed by atoms with E-state index in [9.17, 15) is 28.1 Å². The van der Waals surface area contributed by atoms with Crippen LogP contribution < -0.4 is 4.90 Å². The van der Waals surface area contributed by atoms with Gasteiger partial charge in [-0.1, -0.05) is 18.2 Å². The van der Waals surface area contributed by atoms with Crippen LogP contribution >= 0.6 is 0 Å². The van der Waals surface area contributed by atoms with Crippen molar-refractivity contribution in [2.75, 3.05) is 11.4 Å². The zero-order valence-electron chi connectivity index (χ0n) is 12.9. The Hall–Kier alpha value is -2.90. The zero-order valence-corrected chi connectivity index (χ0v) is 12.9. The molecule has 0 spiro atoms. The highest BCUT2D eigenvalue weighted by molar-refractivity contribution is 6.07. The van der Waals surface area contributed by atoms with Gasteiger partial charge in [0.25, 0.3) is 11.6 Å². The Labute approximate surface area is 140 Å². The molecule has 0 atom stereocenters. The third kappa shape index (κ3) is 3.19. The number of anilines is 1. The number of rotatable bonds is 2. The van der Waals surface area contributed by atoms with Gasteiger partial charge in [0.2, 0.25) is 0 Å². The standard InChI is InChI=1S/C17H13F3N2O3/c18-17(19,20)13-8-7-12(10-15(13)22(24)25)16(23)21-9-3-5-11-4-1-2-6-14(11)21/h1-2,4,6-8,10H,3,5,9H2. The first-order valence-electron chi connectivity index (χ1n) is 7.54. The van der Waals surface area contributed by atoms with E-state index in [1.54, 1.807) is 12.1 Å². The number of carbonyl (C=O) groups excluding carboxylic acids is 1. The average Bonchev–Trinajstić information content (AvgIpc) is 2.59. The van der Waals surface area contributed by atoms with Gasteiger partial charge in [0.15, 0.2) is 0 Å². The smallest absolute Gasteiger partial charge is 0.308 e. The van der Waals surface area contributed by atoms with Crippen molar-refractivity contribution in [3.05, 3.63) is 69.3 Å². The van der Waals surface area contributed by atoms with Crippen molar-refractivity contribution >= 4 is 17.3 Å². The first kappa shape index (κ1) is 16.9. The van der Waals surface area contributed by atoms with Gasteiger partial charge in [-0.2, -0.15) is 13.2 Å². The minimum atomic E-state index is -4.86. The number of benzene rings is 2. The molecule has 1 aliphatic rings. The van der Waals surface area contributed by atoms with Crippen LogP contribution in [0.25, 0.3) is 0 Å². The molecule has 8 heteroatoms. The summed E-state index contributed by atoms with van der Waals surface area (Å²) in [4.78, 5) is 24.0. The molecule has 0 unspecified atom stereocenters. The normalized spacial score (nSPS) is 14.1. The molecule has 130 valence electrons. The lowest BCUT2D eigenvalue weighted by Crippen LogP contribution is -2.35. The monoisotopic (exact) mass is 350 g/mol. The largest absolute Gasteiger partial charge is 0.422 e. The summed E-state index contributed by atoms with van der Waals surface area (Å²) in [6.07, 6.45) is -3.35. The fourth-order valence-electron chi connectivity index (χ4n) is 2.96. The Morgan fingerprint density at radius 3 is 2.56 bits per heavy atom. The summed E-state index contributed by atoms with van der Waals surface area (Å²) in [7, 11) is 0. The molecule has 1 amide bonds. The molecule has 5 nitrogen and oxygen atoms in total. The molecule has 1 heterocycles. The van der Waals surface area contributed by atoms with Crippen molar-refractivity contribution in [3.63, 3.8) is 0 Å². The van der Waals surface area contributed by atoms with Crippen LogP contribution in [-0.4, -0.2) is 17.4 Å². The second-order valence-corrected chi connectivity index (χ2v) is 5.68. The van der Waals surface area contributed by atoms with E-state index in [2.05, 4.69) is 0 Å². The van der Waals surface area contributed by atoms with E-state index in [1.807, 2.05) is 12.1 Å². The maximum absolute atomic E-state index is 12.9. The predicted octanol–water partition coefficient (Wildman–Crippen LogP) is 4.21. The SMILES string of the molecule is O=C(c1ccc(C(F)(F)F)c([N+](=O)[O-])c1)N1CCCc2ccccc21. The second-order valence-electron chi connectivity index (χ2n) is 5.68. The van der Waals surface area contributed by atoms with Crippen molar-refractivity contribution in [2.24, 2.45) is 0 Å². The van der Waals surface area contributed by atoms with Gasteiger partial charge in [0.1, 0.15) is 5.56 Å². The van der Waals surface area contributed by atoms with Crippen molar-refractivity contribution in [1.82, 2.24) is 0 Å². The summed E-state index contributed by atoms with van der Waals surface area (Å²) in [5.74, 6) is -0.552. The maximum Gasteiger partial charge on any atom is 0.422 e. The van der Waals surface area contributed by atoms with E-state index >= 15 is 0 Å². The van der Waals surface area contributed by atoms with Crippen LogP contribution in [0.3, 0.4) is 0 Å². The molecular formula is C17H13F3N2O3. The third-order valence-electron chi connectivity index (χ3n) is 4.10. The highest BCUT2D eigenvalue weighted by Gasteiger charge is 2.39. The molecule has 0 radical (unpaired) electrons. The molecule has 0 aliphatic carbocycles. The lowest BCUT2D eigenvalue weighted by atomic mass is 10.0. The minimum absolute atomic E-state index is 0.142. The summed E-state index contributed by atoms with van der Waals surface area (Å²) in [6.45, 7) is 0.407. The van der Waals surface area contributed by atoms with Crippen LogP contribution in [0.4, 0.5) is 24.5 Å². The van der Waals surface area contributed by atoms with Crippen LogP contribution in [-0.2, 0) is 12.6 Å². The number of nitro benzene ring substituents is 1. The summed E-state index contributed by atoms with van der Waals surface area (Å²) in [5, 5.41) is 11.0. The second kappa shape index (κ2) is 6.19. The maximum atomic E-state index is 12.9. The Balaban J connectivity index is 2.02. The van der Waals surface area contributed by atoms with E-state index in [-0.39, 0.29) is 5.56 Å². The number of aryl methyl sites for hydroxylation is 1. The molecule has 25 heavy (non-hydrogen) atoms. The number of nitro groups is 1. The summed E-state index contributed by atoms with van der Waals surface area (Å²) in [5.41, 5.74) is -0.988. The van der Waals surface area contributed by atoms with Crippen LogP contribution in [0, 0.1) is 10.1 Å². The first-order chi connectivity index (χ1) is 11.8.